The third-order valence-electron chi connectivity index (χ3n) is 6.22. The first-order valence-corrected chi connectivity index (χ1v) is 10.2. The minimum atomic E-state index is -0.519. The monoisotopic (exact) mass is 385 g/mol. The van der Waals surface area contributed by atoms with E-state index in [-0.39, 0.29) is 23.4 Å². The number of aromatic amines is 1. The lowest BCUT2D eigenvalue weighted by Gasteiger charge is -2.45. The van der Waals surface area contributed by atoms with Gasteiger partial charge in [-0.25, -0.2) is 9.78 Å². The van der Waals surface area contributed by atoms with Gasteiger partial charge in [-0.15, -0.1) is 0 Å². The second-order valence-corrected chi connectivity index (χ2v) is 8.19. The number of fused-ring (bicyclic) bond motifs is 3. The van der Waals surface area contributed by atoms with Crippen LogP contribution in [0.5, 0.6) is 0 Å². The van der Waals surface area contributed by atoms with Gasteiger partial charge in [0.15, 0.2) is 0 Å². The highest BCUT2D eigenvalue weighted by molar-refractivity contribution is 5.96. The van der Waals surface area contributed by atoms with E-state index < -0.39 is 11.2 Å². The first-order chi connectivity index (χ1) is 13.5. The zero-order valence-electron chi connectivity index (χ0n) is 16.1. The molecule has 150 valence electrons. The highest BCUT2D eigenvalue weighted by Crippen LogP contribution is 2.39. The van der Waals surface area contributed by atoms with Crippen molar-refractivity contribution in [2.24, 2.45) is 17.6 Å². The largest absolute Gasteiger partial charge is 0.349 e. The molecule has 0 aromatic carbocycles. The Morgan fingerprint density at radius 1 is 1.32 bits per heavy atom. The number of aryl methyl sites for hydroxylation is 1. The summed E-state index contributed by atoms with van der Waals surface area (Å²) in [6, 6.07) is 1.88. The molecule has 2 atom stereocenters. The molecule has 1 amide bonds. The van der Waals surface area contributed by atoms with E-state index in [4.69, 9.17) is 5.73 Å². The number of nitrogens with zero attached hydrogens (tertiary/aromatic N) is 2. The summed E-state index contributed by atoms with van der Waals surface area (Å²) >= 11 is 0. The van der Waals surface area contributed by atoms with Crippen LogP contribution >= 0.6 is 0 Å². The number of nitrogens with one attached hydrogen (secondary N) is 2. The molecule has 8 heteroatoms. The molecular weight excluding hydrogens is 358 g/mol. The molecule has 2 bridgehead atoms. The number of hydrogen-bond donors (Lipinski definition) is 3. The topological polar surface area (TPSA) is 123 Å². The number of H-pyrrole nitrogens is 1. The zero-order valence-corrected chi connectivity index (χ0v) is 16.1. The van der Waals surface area contributed by atoms with E-state index in [2.05, 4.69) is 15.3 Å². The lowest BCUT2D eigenvalue weighted by molar-refractivity contribution is 0.0756. The highest BCUT2D eigenvalue weighted by atomic mass is 16.2. The molecule has 0 radical (unpaired) electrons. The Bertz CT molecular complexity index is 997. The van der Waals surface area contributed by atoms with Gasteiger partial charge in [-0.2, -0.15) is 0 Å². The van der Waals surface area contributed by atoms with E-state index in [1.54, 1.807) is 0 Å². The molecule has 2 fully saturated rings. The molecule has 8 nitrogen and oxygen atoms in total. The van der Waals surface area contributed by atoms with Crippen molar-refractivity contribution in [2.45, 2.75) is 64.1 Å². The molecule has 28 heavy (non-hydrogen) atoms. The van der Waals surface area contributed by atoms with Crippen LogP contribution in [0.15, 0.2) is 21.9 Å². The smallest absolute Gasteiger partial charge is 0.329 e. The van der Waals surface area contributed by atoms with Crippen LogP contribution in [0.1, 0.15) is 55.8 Å². The molecule has 2 unspecified atom stereocenters. The van der Waals surface area contributed by atoms with Gasteiger partial charge in [0, 0.05) is 24.8 Å². The Balaban J connectivity index is 1.63. The third kappa shape index (κ3) is 3.37. The van der Waals surface area contributed by atoms with E-state index in [1.165, 1.54) is 23.3 Å². The molecule has 2 aromatic heterocycles. The quantitative estimate of drug-likeness (QED) is 0.728. The van der Waals surface area contributed by atoms with Crippen molar-refractivity contribution >= 4 is 16.9 Å². The minimum absolute atomic E-state index is 0.129. The van der Waals surface area contributed by atoms with Crippen LogP contribution in [0.25, 0.3) is 11.0 Å². The van der Waals surface area contributed by atoms with Gasteiger partial charge in [0.2, 0.25) is 0 Å². The first kappa shape index (κ1) is 18.9. The Kier molecular flexibility index (Phi) is 5.05. The average Bonchev–Trinajstić information content (AvgIpc) is 2.65. The van der Waals surface area contributed by atoms with E-state index >= 15 is 0 Å². The second-order valence-electron chi connectivity index (χ2n) is 8.19. The number of amides is 1. The van der Waals surface area contributed by atoms with E-state index in [0.717, 1.165) is 32.1 Å². The molecule has 2 aliphatic rings. The van der Waals surface area contributed by atoms with E-state index in [1.807, 2.05) is 6.92 Å². The van der Waals surface area contributed by atoms with Gasteiger partial charge < -0.3 is 11.1 Å². The molecule has 2 aliphatic carbocycles. The molecule has 2 saturated carbocycles. The minimum Gasteiger partial charge on any atom is -0.349 e. The second kappa shape index (κ2) is 7.50. The van der Waals surface area contributed by atoms with Crippen LogP contribution in [-0.4, -0.2) is 32.5 Å². The summed E-state index contributed by atoms with van der Waals surface area (Å²) in [6.07, 6.45) is 7.45. The molecular formula is C20H27N5O3. The summed E-state index contributed by atoms with van der Waals surface area (Å²) in [5.74, 6) is 0.607. The van der Waals surface area contributed by atoms with Gasteiger partial charge >= 0.3 is 5.69 Å². The molecule has 4 rings (SSSR count). The fraction of sp³-hybridized carbons (Fsp3) is 0.600. The highest BCUT2D eigenvalue weighted by Gasteiger charge is 2.40. The van der Waals surface area contributed by atoms with Gasteiger partial charge in [0.25, 0.3) is 11.5 Å². The maximum atomic E-state index is 12.9. The fourth-order valence-electron chi connectivity index (χ4n) is 4.98. The summed E-state index contributed by atoms with van der Waals surface area (Å²) in [5.41, 5.74) is 5.83. The molecule has 0 spiro atoms. The number of rotatable bonds is 4. The maximum Gasteiger partial charge on any atom is 0.329 e. The molecule has 0 saturated heterocycles. The Hall–Kier alpha value is -2.48. The predicted octanol–water partition coefficient (Wildman–Crippen LogP) is 1.13. The average molecular weight is 385 g/mol. The zero-order chi connectivity index (χ0) is 19.8. The summed E-state index contributed by atoms with van der Waals surface area (Å²) < 4.78 is 1.44. The van der Waals surface area contributed by atoms with Crippen LogP contribution in [0.3, 0.4) is 0 Å². The summed E-state index contributed by atoms with van der Waals surface area (Å²) in [6.45, 7) is 2.40. The maximum absolute atomic E-state index is 12.9. The van der Waals surface area contributed by atoms with Gasteiger partial charge in [0.1, 0.15) is 5.65 Å². The summed E-state index contributed by atoms with van der Waals surface area (Å²) in [5, 5.41) is 3.43. The number of carbonyl (C=O) groups is 1. The molecule has 2 heterocycles. The van der Waals surface area contributed by atoms with Crippen molar-refractivity contribution in [3.63, 3.8) is 0 Å². The van der Waals surface area contributed by atoms with Crippen molar-refractivity contribution in [1.82, 2.24) is 19.9 Å². The number of carbonyl (C=O) groups excluding carboxylic acids is 1. The molecule has 4 N–H and O–H groups in total. The molecule has 0 aliphatic heterocycles. The van der Waals surface area contributed by atoms with Crippen LogP contribution in [0.4, 0.5) is 0 Å². The van der Waals surface area contributed by atoms with Crippen molar-refractivity contribution < 1.29 is 4.79 Å². The Morgan fingerprint density at radius 2 is 2.04 bits per heavy atom. The van der Waals surface area contributed by atoms with Crippen molar-refractivity contribution in [3.8, 4) is 0 Å². The third-order valence-corrected chi connectivity index (χ3v) is 6.22. The van der Waals surface area contributed by atoms with Crippen molar-refractivity contribution in [1.29, 1.82) is 0 Å². The lowest BCUT2D eigenvalue weighted by Crippen LogP contribution is -2.53. The fourth-order valence-corrected chi connectivity index (χ4v) is 4.98. The van der Waals surface area contributed by atoms with Crippen LogP contribution in [0.2, 0.25) is 0 Å². The Morgan fingerprint density at radius 3 is 2.71 bits per heavy atom. The van der Waals surface area contributed by atoms with E-state index in [0.29, 0.717) is 29.6 Å². The number of aromatic nitrogens is 3. The van der Waals surface area contributed by atoms with Gasteiger partial charge in [-0.05, 0) is 50.0 Å². The normalized spacial score (nSPS) is 26.9. The predicted molar refractivity (Wildman–Crippen MR) is 106 cm³/mol. The van der Waals surface area contributed by atoms with Crippen molar-refractivity contribution in [3.05, 3.63) is 38.7 Å². The SMILES string of the molecule is CCCn1c(=O)[nH]c(=O)c2cc(C(=O)NC3C4CCCC3CC(N)C4)cnc21. The number of hydrogen-bond acceptors (Lipinski definition) is 5. The van der Waals surface area contributed by atoms with Crippen molar-refractivity contribution in [2.75, 3.05) is 0 Å². The number of pyridine rings is 1. The van der Waals surface area contributed by atoms with Gasteiger partial charge in [-0.3, -0.25) is 19.1 Å². The lowest BCUT2D eigenvalue weighted by atomic mass is 9.67. The van der Waals surface area contributed by atoms with Crippen LogP contribution in [0, 0.1) is 11.8 Å². The van der Waals surface area contributed by atoms with E-state index in [9.17, 15) is 14.4 Å². The van der Waals surface area contributed by atoms with Gasteiger partial charge in [-0.1, -0.05) is 13.3 Å². The Labute approximate surface area is 162 Å². The standard InChI is InChI=1S/C20H27N5O3/c1-2-6-25-17-15(19(27)24-20(25)28)9-13(10-22-17)18(26)23-16-11-4-3-5-12(16)8-14(21)7-11/h9-12,14,16H,2-8,21H2,1H3,(H,23,26)(H,24,27,28). The molecule has 2 aromatic rings. The first-order valence-electron chi connectivity index (χ1n) is 10.2. The van der Waals surface area contributed by atoms with Crippen LogP contribution < -0.4 is 22.3 Å². The van der Waals surface area contributed by atoms with Gasteiger partial charge in [0.05, 0.1) is 10.9 Å². The summed E-state index contributed by atoms with van der Waals surface area (Å²) in [7, 11) is 0. The number of nitrogens with two attached hydrogens (primary N) is 1. The summed E-state index contributed by atoms with van der Waals surface area (Å²) in [4.78, 5) is 43.8. The van der Waals surface area contributed by atoms with Crippen LogP contribution in [-0.2, 0) is 6.54 Å².